The minimum absolute atomic E-state index is 0. The SMILES string of the molecule is COc1ccc(C)c2sc(N(CCCN3CCOCC3)C(=O)c3ccc(Oc4ccccc4)cc3)nc12.Cl. The molecule has 5 rings (SSSR count). The molecule has 9 heteroatoms. The molecule has 0 radical (unpaired) electrons. The summed E-state index contributed by atoms with van der Waals surface area (Å²) in [6.07, 6.45) is 0.840. The average molecular weight is 554 g/mol. The van der Waals surface area contributed by atoms with Crippen molar-refractivity contribution in [2.24, 2.45) is 0 Å². The monoisotopic (exact) mass is 553 g/mol. The van der Waals surface area contributed by atoms with Crippen LogP contribution in [0.25, 0.3) is 10.2 Å². The molecule has 1 saturated heterocycles. The molecule has 1 fully saturated rings. The molecule has 0 aliphatic carbocycles. The number of hydrogen-bond acceptors (Lipinski definition) is 7. The molecule has 7 nitrogen and oxygen atoms in total. The lowest BCUT2D eigenvalue weighted by atomic mass is 10.2. The molecule has 0 N–H and O–H groups in total. The second-order valence-electron chi connectivity index (χ2n) is 8.96. The Bertz CT molecular complexity index is 1340. The molecule has 4 aromatic rings. The third-order valence-electron chi connectivity index (χ3n) is 6.43. The molecule has 0 unspecified atom stereocenters. The van der Waals surface area contributed by atoms with Crippen molar-refractivity contribution < 1.29 is 19.0 Å². The highest BCUT2D eigenvalue weighted by Gasteiger charge is 2.23. The molecular formula is C29H32ClN3O4S. The number of anilines is 1. The zero-order valence-electron chi connectivity index (χ0n) is 21.6. The summed E-state index contributed by atoms with van der Waals surface area (Å²) >= 11 is 1.53. The number of carbonyl (C=O) groups is 1. The number of halogens is 1. The van der Waals surface area contributed by atoms with E-state index in [-0.39, 0.29) is 18.3 Å². The first-order valence-corrected chi connectivity index (χ1v) is 13.3. The Morgan fingerprint density at radius 1 is 1.03 bits per heavy atom. The number of nitrogens with zero attached hydrogens (tertiary/aromatic N) is 3. The van der Waals surface area contributed by atoms with Crippen molar-refractivity contribution in [2.75, 3.05) is 51.4 Å². The average Bonchev–Trinajstić information content (AvgIpc) is 3.39. The predicted molar refractivity (Wildman–Crippen MR) is 155 cm³/mol. The van der Waals surface area contributed by atoms with Crippen LogP contribution in [-0.4, -0.2) is 62.3 Å². The van der Waals surface area contributed by atoms with Crippen LogP contribution >= 0.6 is 23.7 Å². The van der Waals surface area contributed by atoms with Gasteiger partial charge in [-0.1, -0.05) is 35.6 Å². The van der Waals surface area contributed by atoms with Gasteiger partial charge in [0.1, 0.15) is 22.8 Å². The molecule has 200 valence electrons. The zero-order valence-corrected chi connectivity index (χ0v) is 23.2. The van der Waals surface area contributed by atoms with Crippen LogP contribution < -0.4 is 14.4 Å². The number of aromatic nitrogens is 1. The summed E-state index contributed by atoms with van der Waals surface area (Å²) in [7, 11) is 1.65. The minimum atomic E-state index is -0.0797. The Morgan fingerprint density at radius 2 is 1.74 bits per heavy atom. The van der Waals surface area contributed by atoms with Gasteiger partial charge in [0.25, 0.3) is 5.91 Å². The molecule has 0 spiro atoms. The number of hydrogen-bond donors (Lipinski definition) is 0. The minimum Gasteiger partial charge on any atom is -0.494 e. The summed E-state index contributed by atoms with van der Waals surface area (Å²) in [6, 6.07) is 20.8. The fourth-order valence-electron chi connectivity index (χ4n) is 4.39. The zero-order chi connectivity index (χ0) is 25.6. The third kappa shape index (κ3) is 6.45. The molecule has 1 aliphatic heterocycles. The number of methoxy groups -OCH3 is 1. The van der Waals surface area contributed by atoms with Gasteiger partial charge in [0, 0.05) is 31.7 Å². The summed E-state index contributed by atoms with van der Waals surface area (Å²) in [6.45, 7) is 6.90. The van der Waals surface area contributed by atoms with Crippen LogP contribution in [0.2, 0.25) is 0 Å². The van der Waals surface area contributed by atoms with Gasteiger partial charge in [-0.3, -0.25) is 14.6 Å². The van der Waals surface area contributed by atoms with E-state index in [1.165, 1.54) is 11.3 Å². The maximum absolute atomic E-state index is 13.8. The van der Waals surface area contributed by atoms with Crippen LogP contribution in [0, 0.1) is 6.92 Å². The summed E-state index contributed by atoms with van der Waals surface area (Å²) in [5.74, 6) is 2.07. The van der Waals surface area contributed by atoms with Crippen LogP contribution in [0.4, 0.5) is 5.13 Å². The largest absolute Gasteiger partial charge is 0.494 e. The van der Waals surface area contributed by atoms with Gasteiger partial charge in [0.05, 0.1) is 25.0 Å². The topological polar surface area (TPSA) is 64.1 Å². The Morgan fingerprint density at radius 3 is 2.45 bits per heavy atom. The van der Waals surface area contributed by atoms with Crippen LogP contribution in [-0.2, 0) is 4.74 Å². The van der Waals surface area contributed by atoms with Gasteiger partial charge in [-0.2, -0.15) is 0 Å². The maximum atomic E-state index is 13.8. The Balaban J connectivity index is 0.00000336. The molecule has 1 aliphatic rings. The molecule has 0 bridgehead atoms. The molecule has 0 atom stereocenters. The summed E-state index contributed by atoms with van der Waals surface area (Å²) in [5, 5.41) is 0.680. The van der Waals surface area contributed by atoms with Crippen LogP contribution in [0.3, 0.4) is 0 Å². The standard InChI is InChI=1S/C29H31N3O4S.ClH/c1-21-9-14-25(34-2)26-27(21)37-29(30-26)32(16-6-15-31-17-19-35-20-18-31)28(33)22-10-12-24(13-11-22)36-23-7-4-3-5-8-23;/h3-5,7-14H,6,15-20H2,1-2H3;1H. The lowest BCUT2D eigenvalue weighted by Crippen LogP contribution is -2.39. The van der Waals surface area contributed by atoms with Gasteiger partial charge in [-0.15, -0.1) is 12.4 Å². The lowest BCUT2D eigenvalue weighted by Gasteiger charge is -2.27. The van der Waals surface area contributed by atoms with Gasteiger partial charge in [0.15, 0.2) is 5.13 Å². The van der Waals surface area contributed by atoms with E-state index in [0.717, 1.165) is 60.8 Å². The summed E-state index contributed by atoms with van der Waals surface area (Å²) < 4.78 is 18.0. The van der Waals surface area contributed by atoms with Crippen molar-refractivity contribution >= 4 is 45.0 Å². The van der Waals surface area contributed by atoms with Crippen LogP contribution in [0.15, 0.2) is 66.7 Å². The Kier molecular flexibility index (Phi) is 9.58. The molecule has 3 aromatic carbocycles. The predicted octanol–water partition coefficient (Wildman–Crippen LogP) is 6.20. The van der Waals surface area contributed by atoms with Crippen molar-refractivity contribution in [2.45, 2.75) is 13.3 Å². The van der Waals surface area contributed by atoms with Gasteiger partial charge in [-0.25, -0.2) is 4.98 Å². The Hall–Kier alpha value is -3.17. The van der Waals surface area contributed by atoms with E-state index in [2.05, 4.69) is 11.8 Å². The van der Waals surface area contributed by atoms with Crippen molar-refractivity contribution in [1.29, 1.82) is 0 Å². The van der Waals surface area contributed by atoms with E-state index in [0.29, 0.717) is 28.7 Å². The number of rotatable bonds is 9. The summed E-state index contributed by atoms with van der Waals surface area (Å²) in [4.78, 5) is 22.9. The Labute approximate surface area is 233 Å². The van der Waals surface area contributed by atoms with Gasteiger partial charge >= 0.3 is 0 Å². The van der Waals surface area contributed by atoms with Crippen LogP contribution in [0.5, 0.6) is 17.2 Å². The highest BCUT2D eigenvalue weighted by molar-refractivity contribution is 7.22. The number of carbonyl (C=O) groups excluding carboxylic acids is 1. The number of amides is 1. The molecule has 38 heavy (non-hydrogen) atoms. The number of thiazole rings is 1. The fourth-order valence-corrected chi connectivity index (χ4v) is 5.46. The molecule has 1 aromatic heterocycles. The second-order valence-corrected chi connectivity index (χ2v) is 9.94. The smallest absolute Gasteiger partial charge is 0.260 e. The van der Waals surface area contributed by atoms with E-state index in [1.807, 2.05) is 66.7 Å². The first kappa shape index (κ1) is 27.9. The second kappa shape index (κ2) is 13.1. The quantitative estimate of drug-likeness (QED) is 0.246. The number of morpholine rings is 1. The maximum Gasteiger partial charge on any atom is 0.260 e. The number of aryl methyl sites for hydroxylation is 1. The third-order valence-corrected chi connectivity index (χ3v) is 7.64. The number of benzene rings is 3. The molecular weight excluding hydrogens is 522 g/mol. The van der Waals surface area contributed by atoms with E-state index in [4.69, 9.17) is 19.2 Å². The normalized spacial score (nSPS) is 13.6. The molecule has 2 heterocycles. The van der Waals surface area contributed by atoms with Crippen molar-refractivity contribution in [3.05, 3.63) is 77.9 Å². The van der Waals surface area contributed by atoms with Gasteiger partial charge in [0.2, 0.25) is 0 Å². The van der Waals surface area contributed by atoms with Crippen LogP contribution in [0.1, 0.15) is 22.3 Å². The van der Waals surface area contributed by atoms with E-state index >= 15 is 0 Å². The van der Waals surface area contributed by atoms with E-state index < -0.39 is 0 Å². The van der Waals surface area contributed by atoms with E-state index in [1.54, 1.807) is 12.0 Å². The lowest BCUT2D eigenvalue weighted by molar-refractivity contribution is 0.0376. The highest BCUT2D eigenvalue weighted by atomic mass is 35.5. The number of para-hydroxylation sites is 1. The fraction of sp³-hybridized carbons (Fsp3) is 0.310. The van der Waals surface area contributed by atoms with Gasteiger partial charge in [-0.05, 0) is 61.4 Å². The van der Waals surface area contributed by atoms with Gasteiger partial charge < -0.3 is 14.2 Å². The van der Waals surface area contributed by atoms with Crippen molar-refractivity contribution in [1.82, 2.24) is 9.88 Å². The first-order valence-electron chi connectivity index (χ1n) is 12.5. The first-order chi connectivity index (χ1) is 18.1. The highest BCUT2D eigenvalue weighted by Crippen LogP contribution is 2.37. The molecule has 1 amide bonds. The molecule has 0 saturated carbocycles. The van der Waals surface area contributed by atoms with Crippen molar-refractivity contribution in [3.63, 3.8) is 0 Å². The number of ether oxygens (including phenoxy) is 3. The van der Waals surface area contributed by atoms with E-state index in [9.17, 15) is 4.79 Å². The number of fused-ring (bicyclic) bond motifs is 1. The van der Waals surface area contributed by atoms with Crippen molar-refractivity contribution in [3.8, 4) is 17.2 Å². The summed E-state index contributed by atoms with van der Waals surface area (Å²) in [5.41, 5.74) is 2.50.